The van der Waals surface area contributed by atoms with Gasteiger partial charge in [-0.25, -0.2) is 0 Å². The number of carbonyl (C=O) groups excluding carboxylic acids is 2. The average Bonchev–Trinajstić information content (AvgIpc) is 2.88. The number of hydrogen-bond donors (Lipinski definition) is 1. The highest BCUT2D eigenvalue weighted by Crippen LogP contribution is 2.14. The van der Waals surface area contributed by atoms with E-state index >= 15 is 0 Å². The van der Waals surface area contributed by atoms with Crippen LogP contribution in [0.3, 0.4) is 0 Å². The maximum absolute atomic E-state index is 12.0. The van der Waals surface area contributed by atoms with Crippen molar-refractivity contribution in [2.75, 3.05) is 5.32 Å². The summed E-state index contributed by atoms with van der Waals surface area (Å²) >= 11 is 1.58. The lowest BCUT2D eigenvalue weighted by molar-refractivity contribution is -0.114. The van der Waals surface area contributed by atoms with Crippen LogP contribution in [0.25, 0.3) is 6.08 Å². The number of thiophene rings is 1. The zero-order chi connectivity index (χ0) is 13.7. The minimum Gasteiger partial charge on any atom is -0.326 e. The molecule has 96 valence electrons. The van der Waals surface area contributed by atoms with Crippen LogP contribution in [0.4, 0.5) is 5.69 Å². The number of benzene rings is 1. The summed E-state index contributed by atoms with van der Waals surface area (Å²) in [7, 11) is 0. The van der Waals surface area contributed by atoms with Gasteiger partial charge in [-0.3, -0.25) is 9.59 Å². The second-order valence-electron chi connectivity index (χ2n) is 3.97. The Balaban J connectivity index is 2.13. The van der Waals surface area contributed by atoms with E-state index in [0.29, 0.717) is 11.3 Å². The molecule has 0 aliphatic heterocycles. The van der Waals surface area contributed by atoms with Crippen LogP contribution in [0.5, 0.6) is 0 Å². The minimum absolute atomic E-state index is 0.0828. The molecule has 0 unspecified atom stereocenters. The third-order valence-corrected chi connectivity index (χ3v) is 3.25. The number of amides is 1. The highest BCUT2D eigenvalue weighted by Gasteiger charge is 2.03. The van der Waals surface area contributed by atoms with Gasteiger partial charge in [0.05, 0.1) is 0 Å². The molecule has 1 aromatic carbocycles. The topological polar surface area (TPSA) is 46.2 Å². The molecule has 3 nitrogen and oxygen atoms in total. The molecule has 1 aromatic heterocycles. The maximum atomic E-state index is 12.0. The summed E-state index contributed by atoms with van der Waals surface area (Å²) < 4.78 is 0. The predicted octanol–water partition coefficient (Wildman–Crippen LogP) is 3.60. The van der Waals surface area contributed by atoms with Crippen molar-refractivity contribution in [2.24, 2.45) is 0 Å². The summed E-state index contributed by atoms with van der Waals surface area (Å²) in [5.74, 6) is -0.237. The van der Waals surface area contributed by atoms with Gasteiger partial charge in [-0.05, 0) is 35.7 Å². The first-order chi connectivity index (χ1) is 9.15. The van der Waals surface area contributed by atoms with Crippen LogP contribution in [0.2, 0.25) is 0 Å². The fourth-order valence-electron chi connectivity index (χ4n) is 1.59. The van der Waals surface area contributed by atoms with Gasteiger partial charge in [-0.15, -0.1) is 11.3 Å². The Morgan fingerprint density at radius 1 is 1.21 bits per heavy atom. The predicted molar refractivity (Wildman–Crippen MR) is 78.4 cm³/mol. The van der Waals surface area contributed by atoms with E-state index < -0.39 is 0 Å². The van der Waals surface area contributed by atoms with Crippen molar-refractivity contribution < 1.29 is 9.59 Å². The average molecular weight is 271 g/mol. The van der Waals surface area contributed by atoms with Crippen LogP contribution in [0.1, 0.15) is 22.2 Å². The summed E-state index contributed by atoms with van der Waals surface area (Å²) in [6, 6.07) is 10.8. The van der Waals surface area contributed by atoms with Gasteiger partial charge < -0.3 is 5.32 Å². The van der Waals surface area contributed by atoms with Crippen LogP contribution in [0.15, 0.2) is 47.9 Å². The van der Waals surface area contributed by atoms with E-state index in [0.717, 1.165) is 4.88 Å². The minimum atomic E-state index is -0.154. The third-order valence-electron chi connectivity index (χ3n) is 2.41. The summed E-state index contributed by atoms with van der Waals surface area (Å²) in [5.41, 5.74) is 1.18. The first-order valence-corrected chi connectivity index (χ1v) is 6.67. The quantitative estimate of drug-likeness (QED) is 0.682. The molecular weight excluding hydrogens is 258 g/mol. The van der Waals surface area contributed by atoms with E-state index in [4.69, 9.17) is 0 Å². The number of nitrogens with one attached hydrogen (secondary N) is 1. The molecule has 0 saturated carbocycles. The van der Waals surface area contributed by atoms with E-state index in [1.54, 1.807) is 47.8 Å². The Morgan fingerprint density at radius 3 is 2.74 bits per heavy atom. The van der Waals surface area contributed by atoms with E-state index in [2.05, 4.69) is 5.32 Å². The molecule has 0 aliphatic carbocycles. The molecule has 1 heterocycles. The van der Waals surface area contributed by atoms with Crippen LogP contribution in [-0.4, -0.2) is 11.7 Å². The molecule has 19 heavy (non-hydrogen) atoms. The lowest BCUT2D eigenvalue weighted by Crippen LogP contribution is -2.06. The summed E-state index contributed by atoms with van der Waals surface area (Å²) in [6.07, 6.45) is 3.33. The normalized spacial score (nSPS) is 10.6. The number of carbonyl (C=O) groups is 2. The van der Waals surface area contributed by atoms with Crippen molar-refractivity contribution in [1.29, 1.82) is 0 Å². The Morgan fingerprint density at radius 2 is 2.05 bits per heavy atom. The summed E-state index contributed by atoms with van der Waals surface area (Å²) in [4.78, 5) is 24.0. The number of allylic oxidation sites excluding steroid dienone is 1. The highest BCUT2D eigenvalue weighted by molar-refractivity contribution is 7.10. The van der Waals surface area contributed by atoms with Gasteiger partial charge in [-0.2, -0.15) is 0 Å². The van der Waals surface area contributed by atoms with Gasteiger partial charge in [-0.1, -0.05) is 18.2 Å². The smallest absolute Gasteiger partial charge is 0.221 e. The molecule has 2 rings (SSSR count). The van der Waals surface area contributed by atoms with E-state index in [1.807, 2.05) is 17.5 Å². The third kappa shape index (κ3) is 3.89. The van der Waals surface area contributed by atoms with Gasteiger partial charge >= 0.3 is 0 Å². The van der Waals surface area contributed by atoms with Crippen molar-refractivity contribution in [3.63, 3.8) is 0 Å². The molecule has 1 N–H and O–H groups in total. The lowest BCUT2D eigenvalue weighted by atomic mass is 10.1. The van der Waals surface area contributed by atoms with Crippen molar-refractivity contribution in [2.45, 2.75) is 6.92 Å². The summed E-state index contributed by atoms with van der Waals surface area (Å²) in [5, 5.41) is 4.62. The fourth-order valence-corrected chi connectivity index (χ4v) is 2.21. The molecule has 0 fully saturated rings. The molecule has 0 saturated heterocycles. The first kappa shape index (κ1) is 13.2. The van der Waals surface area contributed by atoms with Gasteiger partial charge in [0.15, 0.2) is 5.78 Å². The van der Waals surface area contributed by atoms with E-state index in [9.17, 15) is 9.59 Å². The van der Waals surface area contributed by atoms with Gasteiger partial charge in [0.25, 0.3) is 0 Å². The van der Waals surface area contributed by atoms with Crippen LogP contribution >= 0.6 is 11.3 Å². The van der Waals surface area contributed by atoms with Gasteiger partial charge in [0, 0.05) is 23.1 Å². The van der Waals surface area contributed by atoms with E-state index in [-0.39, 0.29) is 11.7 Å². The van der Waals surface area contributed by atoms with Gasteiger partial charge in [0.1, 0.15) is 0 Å². The van der Waals surface area contributed by atoms with Crippen LogP contribution in [-0.2, 0) is 4.79 Å². The number of ketones is 1. The number of hydrogen-bond acceptors (Lipinski definition) is 3. The van der Waals surface area contributed by atoms with Crippen molar-refractivity contribution >= 4 is 34.8 Å². The van der Waals surface area contributed by atoms with Crippen molar-refractivity contribution in [1.82, 2.24) is 0 Å². The van der Waals surface area contributed by atoms with Crippen molar-refractivity contribution in [3.8, 4) is 0 Å². The maximum Gasteiger partial charge on any atom is 0.221 e. The van der Waals surface area contributed by atoms with Crippen LogP contribution in [0, 0.1) is 0 Å². The monoisotopic (exact) mass is 271 g/mol. The Hall–Kier alpha value is -2.20. The SMILES string of the molecule is CC(=O)Nc1cccc(C(=O)/C=C/c2cccs2)c1. The second kappa shape index (κ2) is 6.11. The van der Waals surface area contributed by atoms with Crippen molar-refractivity contribution in [3.05, 3.63) is 58.3 Å². The molecule has 1 amide bonds. The number of anilines is 1. The van der Waals surface area contributed by atoms with Gasteiger partial charge in [0.2, 0.25) is 5.91 Å². The molecule has 0 radical (unpaired) electrons. The molecule has 2 aromatic rings. The number of rotatable bonds is 4. The first-order valence-electron chi connectivity index (χ1n) is 5.79. The fraction of sp³-hybridized carbons (Fsp3) is 0.0667. The molecular formula is C15H13NO2S. The molecule has 0 spiro atoms. The molecule has 0 bridgehead atoms. The molecule has 4 heteroatoms. The van der Waals surface area contributed by atoms with E-state index in [1.165, 1.54) is 6.92 Å². The summed E-state index contributed by atoms with van der Waals surface area (Å²) in [6.45, 7) is 1.44. The zero-order valence-electron chi connectivity index (χ0n) is 10.4. The Labute approximate surface area is 115 Å². The van der Waals surface area contributed by atoms with Crippen LogP contribution < -0.4 is 5.32 Å². The Bertz CT molecular complexity index is 615. The highest BCUT2D eigenvalue weighted by atomic mass is 32.1. The zero-order valence-corrected chi connectivity index (χ0v) is 11.2. The molecule has 0 aliphatic rings. The lowest BCUT2D eigenvalue weighted by Gasteiger charge is -2.03. The Kier molecular flexibility index (Phi) is 4.26. The molecule has 0 atom stereocenters. The standard InChI is InChI=1S/C15H13NO2S/c1-11(17)16-13-5-2-4-12(10-13)15(18)8-7-14-6-3-9-19-14/h2-10H,1H3,(H,16,17)/b8-7+. The second-order valence-corrected chi connectivity index (χ2v) is 4.95. The largest absolute Gasteiger partial charge is 0.326 e.